The minimum atomic E-state index is -0.171. The molecule has 0 aliphatic heterocycles. The molecule has 0 N–H and O–H groups in total. The first kappa shape index (κ1) is 35.3. The van der Waals surface area contributed by atoms with E-state index in [9.17, 15) is 0 Å². The van der Waals surface area contributed by atoms with Crippen LogP contribution in [0.15, 0.2) is 176 Å². The van der Waals surface area contributed by atoms with Crippen LogP contribution in [-0.2, 0) is 10.8 Å². The van der Waals surface area contributed by atoms with Gasteiger partial charge >= 0.3 is 0 Å². The molecule has 0 radical (unpaired) electrons. The third-order valence-corrected chi connectivity index (χ3v) is 12.4. The van der Waals surface area contributed by atoms with E-state index < -0.39 is 0 Å². The molecule has 0 fully saturated rings. The molecule has 3 heteroatoms. The van der Waals surface area contributed by atoms with Crippen LogP contribution in [-0.4, -0.2) is 13.7 Å². The van der Waals surface area contributed by atoms with E-state index in [1.54, 1.807) is 0 Å². The fourth-order valence-corrected chi connectivity index (χ4v) is 10.1. The molecular formula is C56H47N3. The number of hydrogen-bond acceptors (Lipinski definition) is 0. The van der Waals surface area contributed by atoms with E-state index in [0.29, 0.717) is 0 Å². The average Bonchev–Trinajstić information content (AvgIpc) is 3.88. The van der Waals surface area contributed by atoms with Crippen molar-refractivity contribution in [3.8, 4) is 28.2 Å². The van der Waals surface area contributed by atoms with Crippen molar-refractivity contribution in [2.75, 3.05) is 0 Å². The summed E-state index contributed by atoms with van der Waals surface area (Å²) in [6, 6.07) is 65.0. The van der Waals surface area contributed by atoms with Crippen molar-refractivity contribution in [3.05, 3.63) is 187 Å². The summed E-state index contributed by atoms with van der Waals surface area (Å²) in [5.74, 6) is 0. The normalized spacial score (nSPS) is 12.6. The van der Waals surface area contributed by atoms with Crippen LogP contribution in [0.25, 0.3) is 93.6 Å². The Bertz CT molecular complexity index is 3420. The molecule has 0 atom stereocenters. The highest BCUT2D eigenvalue weighted by molar-refractivity contribution is 6.24. The molecule has 0 aliphatic rings. The maximum atomic E-state index is 2.54. The van der Waals surface area contributed by atoms with E-state index in [2.05, 4.69) is 231 Å². The van der Waals surface area contributed by atoms with Crippen LogP contribution in [0.4, 0.5) is 0 Å². The molecule has 11 rings (SSSR count). The highest BCUT2D eigenvalue weighted by Gasteiger charge is 2.30. The van der Waals surface area contributed by atoms with E-state index in [0.717, 1.165) is 11.4 Å². The van der Waals surface area contributed by atoms with Gasteiger partial charge in [0.1, 0.15) is 0 Å². The van der Waals surface area contributed by atoms with Crippen molar-refractivity contribution >= 4 is 65.4 Å². The maximum absolute atomic E-state index is 2.54. The molecule has 0 unspecified atom stereocenters. The van der Waals surface area contributed by atoms with E-state index >= 15 is 0 Å². The van der Waals surface area contributed by atoms with Crippen molar-refractivity contribution in [2.45, 2.75) is 52.4 Å². The zero-order chi connectivity index (χ0) is 40.2. The van der Waals surface area contributed by atoms with Crippen LogP contribution in [0.5, 0.6) is 0 Å². The summed E-state index contributed by atoms with van der Waals surface area (Å²) in [4.78, 5) is 0. The molecule has 0 saturated carbocycles. The van der Waals surface area contributed by atoms with Gasteiger partial charge in [-0.25, -0.2) is 0 Å². The minimum Gasteiger partial charge on any atom is -0.309 e. The summed E-state index contributed by atoms with van der Waals surface area (Å²) < 4.78 is 7.47. The Hall–Kier alpha value is -6.84. The molecule has 0 amide bonds. The van der Waals surface area contributed by atoms with E-state index in [-0.39, 0.29) is 10.8 Å². The molecule has 11 aromatic rings. The predicted octanol–water partition coefficient (Wildman–Crippen LogP) is 15.2. The fraction of sp³-hybridized carbons (Fsp3) is 0.143. The topological polar surface area (TPSA) is 14.8 Å². The molecule has 0 bridgehead atoms. The third kappa shape index (κ3) is 5.27. The molecule has 3 nitrogen and oxygen atoms in total. The lowest BCUT2D eigenvalue weighted by Crippen LogP contribution is -2.12. The smallest absolute Gasteiger partial charge is 0.0619 e. The van der Waals surface area contributed by atoms with Gasteiger partial charge in [0.2, 0.25) is 0 Å². The third-order valence-electron chi connectivity index (χ3n) is 12.4. The Morgan fingerprint density at radius 2 is 0.847 bits per heavy atom. The zero-order valence-electron chi connectivity index (χ0n) is 34.6. The summed E-state index contributed by atoms with van der Waals surface area (Å²) in [6.07, 6.45) is 0. The number of para-hydroxylation sites is 5. The monoisotopic (exact) mass is 761 g/mol. The van der Waals surface area contributed by atoms with Gasteiger partial charge in [0, 0.05) is 54.9 Å². The van der Waals surface area contributed by atoms with E-state index in [1.807, 2.05) is 0 Å². The van der Waals surface area contributed by atoms with Gasteiger partial charge in [0.25, 0.3) is 0 Å². The van der Waals surface area contributed by atoms with Crippen LogP contribution < -0.4 is 0 Å². The Morgan fingerprint density at radius 1 is 0.339 bits per heavy atom. The summed E-state index contributed by atoms with van der Waals surface area (Å²) in [5, 5.41) is 7.79. The second-order valence-corrected chi connectivity index (χ2v) is 18.2. The zero-order valence-corrected chi connectivity index (χ0v) is 34.6. The molecule has 0 aliphatic carbocycles. The summed E-state index contributed by atoms with van der Waals surface area (Å²) in [7, 11) is 0. The van der Waals surface area contributed by atoms with Crippen LogP contribution in [0, 0.1) is 0 Å². The largest absolute Gasteiger partial charge is 0.309 e. The van der Waals surface area contributed by atoms with Crippen LogP contribution in [0.3, 0.4) is 0 Å². The molecule has 3 heterocycles. The maximum Gasteiger partial charge on any atom is 0.0619 e. The van der Waals surface area contributed by atoms with Gasteiger partial charge in [-0.15, -0.1) is 0 Å². The van der Waals surface area contributed by atoms with Crippen molar-refractivity contribution < 1.29 is 0 Å². The minimum absolute atomic E-state index is 0.0160. The highest BCUT2D eigenvalue weighted by atomic mass is 15.0. The molecule has 0 spiro atoms. The summed E-state index contributed by atoms with van der Waals surface area (Å²) >= 11 is 0. The second-order valence-electron chi connectivity index (χ2n) is 18.2. The molecule has 3 aromatic heterocycles. The van der Waals surface area contributed by atoms with E-state index in [1.165, 1.54) is 93.4 Å². The van der Waals surface area contributed by atoms with Crippen molar-refractivity contribution in [3.63, 3.8) is 0 Å². The first-order valence-electron chi connectivity index (χ1n) is 20.9. The molecule has 59 heavy (non-hydrogen) atoms. The first-order chi connectivity index (χ1) is 28.6. The van der Waals surface area contributed by atoms with Gasteiger partial charge in [-0.1, -0.05) is 157 Å². The highest BCUT2D eigenvalue weighted by Crippen LogP contribution is 2.49. The van der Waals surface area contributed by atoms with Crippen molar-refractivity contribution in [1.82, 2.24) is 13.7 Å². The number of hydrogen-bond donors (Lipinski definition) is 0. The van der Waals surface area contributed by atoms with Crippen molar-refractivity contribution in [1.29, 1.82) is 0 Å². The van der Waals surface area contributed by atoms with Gasteiger partial charge < -0.3 is 13.7 Å². The average molecular weight is 762 g/mol. The Morgan fingerprint density at radius 3 is 1.49 bits per heavy atom. The van der Waals surface area contributed by atoms with Crippen LogP contribution in [0.2, 0.25) is 0 Å². The standard InChI is InChI=1S/C56H47N3/c1-55(2,3)44-29-19-31-46-50(44)42-33-32-36(34-47(42)58(46)38-22-12-8-13-23-38)40-27-18-28-43-52-49(59(54(40)43)39-24-14-9-15-25-39)35-48-51(53(52)56(4,5)6)41-26-16-17-30-45(41)57(48)37-20-10-7-11-21-37/h7-35H,1-6H3. The summed E-state index contributed by atoms with van der Waals surface area (Å²) in [6.45, 7) is 14.1. The Balaban J connectivity index is 1.31. The predicted molar refractivity (Wildman–Crippen MR) is 252 cm³/mol. The fourth-order valence-electron chi connectivity index (χ4n) is 10.1. The van der Waals surface area contributed by atoms with Gasteiger partial charge in [0.15, 0.2) is 0 Å². The molecule has 8 aromatic carbocycles. The number of aromatic nitrogens is 3. The Labute approximate surface area is 345 Å². The van der Waals surface area contributed by atoms with Gasteiger partial charge in [-0.3, -0.25) is 0 Å². The first-order valence-corrected chi connectivity index (χ1v) is 20.9. The molecule has 286 valence electrons. The lowest BCUT2D eigenvalue weighted by molar-refractivity contribution is 0.596. The number of benzene rings is 8. The number of rotatable bonds is 4. The van der Waals surface area contributed by atoms with Gasteiger partial charge in [0.05, 0.1) is 33.1 Å². The van der Waals surface area contributed by atoms with Crippen molar-refractivity contribution in [2.24, 2.45) is 0 Å². The SMILES string of the molecule is CC(C)(C)c1cccc2c1c1ccc(-c3cccc4c5c(C(C)(C)C)c6c7ccccc7n(-c7ccccc7)c6cc5n(-c5ccccc5)c34)cc1n2-c1ccccc1. The number of fused-ring (bicyclic) bond motifs is 9. The quantitative estimate of drug-likeness (QED) is 0.170. The lowest BCUT2D eigenvalue weighted by Gasteiger charge is -2.23. The van der Waals surface area contributed by atoms with E-state index in [4.69, 9.17) is 0 Å². The second kappa shape index (κ2) is 12.8. The van der Waals surface area contributed by atoms with Crippen LogP contribution in [0.1, 0.15) is 52.7 Å². The van der Waals surface area contributed by atoms with Gasteiger partial charge in [-0.05, 0) is 88.2 Å². The van der Waals surface area contributed by atoms with Crippen LogP contribution >= 0.6 is 0 Å². The lowest BCUT2D eigenvalue weighted by atomic mass is 9.81. The number of nitrogens with zero attached hydrogens (tertiary/aromatic N) is 3. The molecular weight excluding hydrogens is 715 g/mol. The Kier molecular flexibility index (Phi) is 7.68. The van der Waals surface area contributed by atoms with Gasteiger partial charge in [-0.2, -0.15) is 0 Å². The summed E-state index contributed by atoms with van der Waals surface area (Å²) in [5.41, 5.74) is 15.8. The molecule has 0 saturated heterocycles.